The summed E-state index contributed by atoms with van der Waals surface area (Å²) in [5, 5.41) is 17.5. The van der Waals surface area contributed by atoms with Crippen molar-refractivity contribution in [1.82, 2.24) is 14.0 Å². The minimum absolute atomic E-state index is 0.00802. The lowest BCUT2D eigenvalue weighted by Crippen LogP contribution is -2.43. The summed E-state index contributed by atoms with van der Waals surface area (Å²) in [7, 11) is 0. The molecule has 6 aromatic rings. The Hall–Kier alpha value is -3.82. The number of rotatable bonds is 9. The van der Waals surface area contributed by atoms with Gasteiger partial charge in [0.05, 0.1) is 28.2 Å². The summed E-state index contributed by atoms with van der Waals surface area (Å²) in [4.78, 5) is 43.8. The first kappa shape index (κ1) is 36.2. The van der Waals surface area contributed by atoms with Crippen molar-refractivity contribution in [2.45, 2.75) is 85.9 Å². The van der Waals surface area contributed by atoms with Gasteiger partial charge in [0.15, 0.2) is 11.8 Å². The Balaban J connectivity index is 1.67. The number of unbranched alkanes of at least 4 members (excludes halogenated alkanes) is 2. The number of fused-ring (bicyclic) bond motifs is 2. The number of imidazole rings is 1. The highest BCUT2D eigenvalue weighted by molar-refractivity contribution is 6.55. The number of aromatic nitrogens is 3. The van der Waals surface area contributed by atoms with Crippen molar-refractivity contribution >= 4 is 106 Å². The molecule has 0 unspecified atom stereocenters. The molecule has 2 amide bonds. The van der Waals surface area contributed by atoms with E-state index in [2.05, 4.69) is 36.8 Å². The van der Waals surface area contributed by atoms with Gasteiger partial charge in [-0.3, -0.25) is 23.9 Å². The van der Waals surface area contributed by atoms with Crippen molar-refractivity contribution in [2.75, 3.05) is 6.54 Å². The third kappa shape index (κ3) is 4.87. The highest BCUT2D eigenvalue weighted by Crippen LogP contribution is 2.52. The summed E-state index contributed by atoms with van der Waals surface area (Å²) < 4.78 is 5.60. The molecule has 2 aromatic heterocycles. The van der Waals surface area contributed by atoms with E-state index in [-0.39, 0.29) is 61.3 Å². The Morgan fingerprint density at radius 2 is 1.32 bits per heavy atom. The maximum atomic E-state index is 14.4. The summed E-state index contributed by atoms with van der Waals surface area (Å²) in [6, 6.07) is 4.83. The van der Waals surface area contributed by atoms with E-state index < -0.39 is 11.8 Å². The molecule has 53 heavy (non-hydrogen) atoms. The summed E-state index contributed by atoms with van der Waals surface area (Å²) in [6.07, 6.45) is 6.88. The number of benzene rings is 4. The fourth-order valence-corrected chi connectivity index (χ4v) is 9.68. The molecule has 1 radical (unpaired) electrons. The van der Waals surface area contributed by atoms with Crippen LogP contribution in [0.3, 0.4) is 0 Å². The predicted octanol–water partition coefficient (Wildman–Crippen LogP) is 9.62. The molecule has 0 fully saturated rings. The van der Waals surface area contributed by atoms with Crippen LogP contribution >= 0.6 is 46.4 Å². The van der Waals surface area contributed by atoms with Crippen molar-refractivity contribution in [3.05, 3.63) is 89.7 Å². The van der Waals surface area contributed by atoms with Gasteiger partial charge in [-0.25, -0.2) is 9.13 Å². The van der Waals surface area contributed by atoms with E-state index in [1.54, 1.807) is 18.2 Å². The fourth-order valence-electron chi connectivity index (χ4n) is 8.42. The summed E-state index contributed by atoms with van der Waals surface area (Å²) >= 11 is 29.6. The van der Waals surface area contributed by atoms with Crippen LogP contribution in [0.4, 0.5) is 0 Å². The quantitative estimate of drug-likeness (QED) is 0.0684. The first-order valence-corrected chi connectivity index (χ1v) is 19.6. The zero-order chi connectivity index (χ0) is 37.9. The molecule has 4 aromatic carbocycles. The number of halogens is 4. The van der Waals surface area contributed by atoms with Crippen LogP contribution in [0.5, 0.6) is 5.88 Å². The number of hydrogen-bond donors (Lipinski definition) is 1. The molecule has 0 bridgehead atoms. The number of imide groups is 1. The minimum atomic E-state index is -0.434. The lowest BCUT2D eigenvalue weighted by atomic mass is 9.79. The largest absolute Gasteiger partial charge is 0.494 e. The van der Waals surface area contributed by atoms with Gasteiger partial charge >= 0.3 is 0 Å². The molecular weight excluding hydrogens is 754 g/mol. The number of pyridine rings is 1. The summed E-state index contributed by atoms with van der Waals surface area (Å²) in [6.45, 7) is 12.8. The summed E-state index contributed by atoms with van der Waals surface area (Å²) in [5.74, 6) is 0.183. The second kappa shape index (κ2) is 12.9. The van der Waals surface area contributed by atoms with E-state index in [1.165, 1.54) is 9.47 Å². The smallest absolute Gasteiger partial charge is 0.275 e. The van der Waals surface area contributed by atoms with Gasteiger partial charge in [0.1, 0.15) is 12.4 Å². The average Bonchev–Trinajstić information content (AvgIpc) is 3.56. The number of hydrogen-bond acceptors (Lipinski definition) is 4. The molecular formula is C41H38Cl4N4O4+. The number of carbonyl (C=O) groups is 2. The van der Waals surface area contributed by atoms with E-state index in [1.807, 2.05) is 26.2 Å². The molecule has 8 nitrogen and oxygen atoms in total. The maximum absolute atomic E-state index is 14.4. The SMILES string of the molecule is CCCCN1C(=O)c2cc(Cl)c3c4c5c6c(c(O)n(CCCC)c(=O)c6cc(Cl)c5c5c(Cl)cc(c2c35)C1=O)[C](c1n(C(C)C)cc[n+]1C(C)C)C=4Cl. The van der Waals surface area contributed by atoms with Gasteiger partial charge in [-0.05, 0) is 58.7 Å². The third-order valence-electron chi connectivity index (χ3n) is 10.9. The Morgan fingerprint density at radius 3 is 1.92 bits per heavy atom. The minimum Gasteiger partial charge on any atom is -0.494 e. The second-order valence-corrected chi connectivity index (χ2v) is 16.3. The van der Waals surface area contributed by atoms with Crippen LogP contribution in [0.25, 0.3) is 48.1 Å². The van der Waals surface area contributed by atoms with Crippen molar-refractivity contribution in [1.29, 1.82) is 0 Å². The summed E-state index contributed by atoms with van der Waals surface area (Å²) in [5.41, 5.74) is 0.602. The van der Waals surface area contributed by atoms with E-state index in [4.69, 9.17) is 46.4 Å². The van der Waals surface area contributed by atoms with Crippen LogP contribution in [0.15, 0.2) is 35.4 Å². The first-order chi connectivity index (χ1) is 25.3. The van der Waals surface area contributed by atoms with Gasteiger partial charge in [-0.15, -0.1) is 0 Å². The van der Waals surface area contributed by atoms with Crippen molar-refractivity contribution in [3.8, 4) is 5.88 Å². The normalized spacial score (nSPS) is 14.7. The Labute approximate surface area is 326 Å². The molecule has 1 aliphatic heterocycles. The zero-order valence-corrected chi connectivity index (χ0v) is 33.3. The molecule has 0 atom stereocenters. The lowest BCUT2D eigenvalue weighted by Gasteiger charge is -2.31. The second-order valence-electron chi connectivity index (χ2n) is 14.7. The Bertz CT molecular complexity index is 2700. The van der Waals surface area contributed by atoms with E-state index in [0.717, 1.165) is 18.7 Å². The van der Waals surface area contributed by atoms with Gasteiger partial charge in [-0.1, -0.05) is 73.1 Å². The maximum Gasteiger partial charge on any atom is 0.275 e. The molecule has 8 rings (SSSR count). The zero-order valence-electron chi connectivity index (χ0n) is 30.3. The van der Waals surface area contributed by atoms with Crippen LogP contribution in [0.1, 0.15) is 111 Å². The number of amides is 2. The predicted molar refractivity (Wildman–Crippen MR) is 214 cm³/mol. The molecule has 0 saturated heterocycles. The monoisotopic (exact) mass is 790 g/mol. The van der Waals surface area contributed by atoms with Crippen LogP contribution in [-0.2, 0) is 6.54 Å². The lowest BCUT2D eigenvalue weighted by molar-refractivity contribution is -0.720. The average molecular weight is 793 g/mol. The number of carbonyl (C=O) groups excluding carboxylic acids is 2. The van der Waals surface area contributed by atoms with Crippen LogP contribution in [0.2, 0.25) is 15.1 Å². The molecule has 1 N–H and O–H groups in total. The fraction of sp³-hybridized carbons (Fsp3) is 0.341. The molecule has 273 valence electrons. The van der Waals surface area contributed by atoms with Gasteiger partial charge in [0, 0.05) is 82.0 Å². The van der Waals surface area contributed by atoms with Crippen LogP contribution < -0.4 is 15.3 Å². The van der Waals surface area contributed by atoms with Gasteiger partial charge < -0.3 is 5.11 Å². The van der Waals surface area contributed by atoms with Gasteiger partial charge in [0.25, 0.3) is 23.2 Å². The van der Waals surface area contributed by atoms with E-state index >= 15 is 0 Å². The molecule has 1 aliphatic carbocycles. The Morgan fingerprint density at radius 1 is 0.736 bits per heavy atom. The standard InChI is InChI=1S/C41H37Cl4N4O4/c1-7-9-11-48-38(50)20-15-23(42)28-29-24(43)17-22-27-32(29)33(30-25(44)16-21(39(48)51)26(20)31(28)30)36(45)35(34(27)41(53)49(40(22)52)12-10-8-2)37-46(18(3)4)13-14-47(37)19(5)6/h13-19H,7-12H2,1-6H3/p+1. The van der Waals surface area contributed by atoms with Crippen LogP contribution in [-0.4, -0.2) is 37.5 Å². The molecule has 12 heteroatoms. The molecule has 0 saturated carbocycles. The van der Waals surface area contributed by atoms with Crippen LogP contribution in [0, 0.1) is 5.92 Å². The van der Waals surface area contributed by atoms with Crippen molar-refractivity contribution in [3.63, 3.8) is 0 Å². The van der Waals surface area contributed by atoms with Gasteiger partial charge in [-0.2, -0.15) is 0 Å². The molecule has 0 spiro atoms. The van der Waals surface area contributed by atoms with Crippen molar-refractivity contribution < 1.29 is 19.3 Å². The van der Waals surface area contributed by atoms with Gasteiger partial charge in [0.2, 0.25) is 0 Å². The molecule has 3 heterocycles. The van der Waals surface area contributed by atoms with E-state index in [0.29, 0.717) is 79.2 Å². The first-order valence-electron chi connectivity index (χ1n) is 18.1. The number of aromatic hydroxyl groups is 1. The highest BCUT2D eigenvalue weighted by atomic mass is 35.5. The Kier molecular flexibility index (Phi) is 8.80. The topological polar surface area (TPSA) is 88.4 Å². The molecule has 2 aliphatic rings. The third-order valence-corrected chi connectivity index (χ3v) is 12.1. The highest BCUT2D eigenvalue weighted by Gasteiger charge is 2.43. The van der Waals surface area contributed by atoms with Crippen molar-refractivity contribution in [2.24, 2.45) is 0 Å². The number of nitrogens with zero attached hydrogens (tertiary/aromatic N) is 4. The van der Waals surface area contributed by atoms with E-state index in [9.17, 15) is 19.5 Å².